The molecule has 4 rings (SSSR count). The molecule has 1 amide bonds. The minimum Gasteiger partial charge on any atom is -0.493 e. The molecule has 3 aromatic carbocycles. The zero-order valence-electron chi connectivity index (χ0n) is 23.2. The topological polar surface area (TPSA) is 107 Å². The number of hydrogen-bond donors (Lipinski definition) is 2. The molecule has 0 aliphatic carbocycles. The zero-order valence-corrected chi connectivity index (χ0v) is 23.2. The Morgan fingerprint density at radius 1 is 0.872 bits per heavy atom. The average molecular weight is 528 g/mol. The molecule has 0 spiro atoms. The van der Waals surface area contributed by atoms with E-state index in [9.17, 15) is 4.79 Å². The number of carbonyl (C=O) groups is 1. The molecule has 1 heterocycles. The number of nitrogens with one attached hydrogen (secondary N) is 2. The molecule has 0 aliphatic rings. The maximum atomic E-state index is 13.0. The van der Waals surface area contributed by atoms with E-state index in [1.165, 1.54) is 11.9 Å². The van der Waals surface area contributed by atoms with Gasteiger partial charge in [-0.05, 0) is 41.7 Å². The Balaban J connectivity index is 1.58. The smallest absolute Gasteiger partial charge is 0.255 e. The third-order valence-electron chi connectivity index (χ3n) is 6.33. The second-order valence-corrected chi connectivity index (χ2v) is 9.93. The molecule has 0 saturated heterocycles. The maximum absolute atomic E-state index is 13.0. The van der Waals surface area contributed by atoms with Gasteiger partial charge in [-0.15, -0.1) is 0 Å². The molecule has 9 nitrogen and oxygen atoms in total. The van der Waals surface area contributed by atoms with Gasteiger partial charge in [-0.2, -0.15) is 4.98 Å². The van der Waals surface area contributed by atoms with Gasteiger partial charge < -0.3 is 24.8 Å². The number of methoxy groups -OCH3 is 3. The molecule has 0 bridgehead atoms. The molecule has 202 valence electrons. The van der Waals surface area contributed by atoms with Crippen molar-refractivity contribution in [3.63, 3.8) is 0 Å². The first-order chi connectivity index (χ1) is 18.6. The maximum Gasteiger partial charge on any atom is 0.255 e. The number of benzene rings is 3. The van der Waals surface area contributed by atoms with Crippen molar-refractivity contribution >= 4 is 23.2 Å². The van der Waals surface area contributed by atoms with Gasteiger partial charge in [-0.1, -0.05) is 45.0 Å². The number of hydrogen-bond acceptors (Lipinski definition) is 8. The van der Waals surface area contributed by atoms with Gasteiger partial charge in [0.2, 0.25) is 11.7 Å². The van der Waals surface area contributed by atoms with Crippen LogP contribution >= 0.6 is 0 Å². The van der Waals surface area contributed by atoms with Crippen molar-refractivity contribution < 1.29 is 19.0 Å². The van der Waals surface area contributed by atoms with Gasteiger partial charge in [0, 0.05) is 34.6 Å². The van der Waals surface area contributed by atoms with E-state index >= 15 is 0 Å². The number of rotatable bonds is 8. The summed E-state index contributed by atoms with van der Waals surface area (Å²) in [5.41, 5.74) is 4.71. The third kappa shape index (κ3) is 6.09. The number of amides is 1. The van der Waals surface area contributed by atoms with Crippen LogP contribution in [0.1, 0.15) is 42.3 Å². The van der Waals surface area contributed by atoms with Gasteiger partial charge >= 0.3 is 0 Å². The lowest BCUT2D eigenvalue weighted by atomic mass is 9.86. The minimum absolute atomic E-state index is 0.0175. The van der Waals surface area contributed by atoms with Crippen LogP contribution in [0.4, 0.5) is 17.3 Å². The van der Waals surface area contributed by atoms with Crippen LogP contribution in [0.15, 0.2) is 60.9 Å². The summed E-state index contributed by atoms with van der Waals surface area (Å²) < 4.78 is 16.3. The fourth-order valence-electron chi connectivity index (χ4n) is 4.10. The van der Waals surface area contributed by atoms with E-state index in [2.05, 4.69) is 46.4 Å². The van der Waals surface area contributed by atoms with Crippen molar-refractivity contribution in [3.05, 3.63) is 77.6 Å². The van der Waals surface area contributed by atoms with Crippen LogP contribution in [0.3, 0.4) is 0 Å². The summed E-state index contributed by atoms with van der Waals surface area (Å²) >= 11 is 0. The number of anilines is 3. The molecule has 0 atom stereocenters. The van der Waals surface area contributed by atoms with Crippen LogP contribution in [0, 0.1) is 6.92 Å². The highest BCUT2D eigenvalue weighted by atomic mass is 16.5. The standard InChI is InChI=1S/C30H33N5O4/c1-18-22(9-8-10-23(18)34-28(36)19-11-13-20(14-12-19)30(2,3)4)27-31-17-32-29(35-27)33-21-15-24(37-5)26(39-7)25(16-21)38-6/h8-17H,1-7H3,(H,34,36)(H,31,32,33,35). The number of ether oxygens (including phenoxy) is 3. The van der Waals surface area contributed by atoms with Crippen LogP contribution in [0.5, 0.6) is 17.2 Å². The lowest BCUT2D eigenvalue weighted by molar-refractivity contribution is 0.102. The molecular formula is C30H33N5O4. The average Bonchev–Trinajstić information content (AvgIpc) is 2.93. The molecule has 0 fully saturated rings. The van der Waals surface area contributed by atoms with E-state index in [-0.39, 0.29) is 11.3 Å². The molecule has 0 aliphatic heterocycles. The normalized spacial score (nSPS) is 11.1. The highest BCUT2D eigenvalue weighted by Gasteiger charge is 2.17. The van der Waals surface area contributed by atoms with E-state index < -0.39 is 0 Å². The summed E-state index contributed by atoms with van der Waals surface area (Å²) in [7, 11) is 4.66. The first-order valence-electron chi connectivity index (χ1n) is 12.4. The Kier molecular flexibility index (Phi) is 7.99. The van der Waals surface area contributed by atoms with Crippen LogP contribution < -0.4 is 24.8 Å². The second-order valence-electron chi connectivity index (χ2n) is 9.93. The van der Waals surface area contributed by atoms with E-state index in [0.717, 1.165) is 11.1 Å². The summed E-state index contributed by atoms with van der Waals surface area (Å²) in [4.78, 5) is 26.2. The minimum atomic E-state index is -0.184. The van der Waals surface area contributed by atoms with Gasteiger partial charge in [0.1, 0.15) is 6.33 Å². The summed E-state index contributed by atoms with van der Waals surface area (Å²) in [6.45, 7) is 8.35. The molecule has 1 aromatic heterocycles. The summed E-state index contributed by atoms with van der Waals surface area (Å²) in [6, 6.07) is 16.8. The molecule has 0 saturated carbocycles. The molecule has 9 heteroatoms. The predicted molar refractivity (Wildman–Crippen MR) is 152 cm³/mol. The Labute approximate surface area is 228 Å². The third-order valence-corrected chi connectivity index (χ3v) is 6.33. The van der Waals surface area contributed by atoms with Crippen molar-refractivity contribution in [1.82, 2.24) is 15.0 Å². The Hall–Kier alpha value is -4.66. The Morgan fingerprint density at radius 3 is 2.13 bits per heavy atom. The largest absolute Gasteiger partial charge is 0.493 e. The molecule has 39 heavy (non-hydrogen) atoms. The predicted octanol–water partition coefficient (Wildman–Crippen LogP) is 6.17. The zero-order chi connectivity index (χ0) is 28.2. The van der Waals surface area contributed by atoms with E-state index in [1.54, 1.807) is 33.5 Å². The first kappa shape index (κ1) is 27.4. The lowest BCUT2D eigenvalue weighted by Gasteiger charge is -2.19. The van der Waals surface area contributed by atoms with Crippen molar-refractivity contribution in [2.24, 2.45) is 0 Å². The highest BCUT2D eigenvalue weighted by molar-refractivity contribution is 6.05. The van der Waals surface area contributed by atoms with Gasteiger partial charge in [0.05, 0.1) is 21.3 Å². The molecule has 0 unspecified atom stereocenters. The van der Waals surface area contributed by atoms with E-state index in [1.807, 2.05) is 49.4 Å². The van der Waals surface area contributed by atoms with Crippen molar-refractivity contribution in [2.75, 3.05) is 32.0 Å². The molecular weight excluding hydrogens is 494 g/mol. The van der Waals surface area contributed by atoms with Crippen molar-refractivity contribution in [3.8, 4) is 28.6 Å². The quantitative estimate of drug-likeness (QED) is 0.280. The van der Waals surface area contributed by atoms with Gasteiger partial charge in [-0.3, -0.25) is 4.79 Å². The lowest BCUT2D eigenvalue weighted by Crippen LogP contribution is -2.15. The van der Waals surface area contributed by atoms with E-state index in [4.69, 9.17) is 14.2 Å². The van der Waals surface area contributed by atoms with Crippen LogP contribution in [-0.2, 0) is 5.41 Å². The Bertz CT molecular complexity index is 1450. The number of nitrogens with zero attached hydrogens (tertiary/aromatic N) is 3. The van der Waals surface area contributed by atoms with E-state index in [0.29, 0.717) is 46.0 Å². The monoisotopic (exact) mass is 527 g/mol. The summed E-state index contributed by atoms with van der Waals surface area (Å²) in [6.07, 6.45) is 1.43. The van der Waals surface area contributed by atoms with Crippen LogP contribution in [0.25, 0.3) is 11.4 Å². The fraction of sp³-hybridized carbons (Fsp3) is 0.267. The fourth-order valence-corrected chi connectivity index (χ4v) is 4.10. The highest BCUT2D eigenvalue weighted by Crippen LogP contribution is 2.40. The van der Waals surface area contributed by atoms with Crippen molar-refractivity contribution in [1.29, 1.82) is 0 Å². The van der Waals surface area contributed by atoms with Gasteiger partial charge in [0.25, 0.3) is 5.91 Å². The first-order valence-corrected chi connectivity index (χ1v) is 12.4. The SMILES string of the molecule is COc1cc(Nc2ncnc(-c3cccc(NC(=O)c4ccc(C(C)(C)C)cc4)c3C)n2)cc(OC)c1OC. The second kappa shape index (κ2) is 11.4. The number of aromatic nitrogens is 3. The van der Waals surface area contributed by atoms with Crippen LogP contribution in [-0.4, -0.2) is 42.2 Å². The van der Waals surface area contributed by atoms with Crippen molar-refractivity contribution in [2.45, 2.75) is 33.1 Å². The Morgan fingerprint density at radius 2 is 1.54 bits per heavy atom. The van der Waals surface area contributed by atoms with Gasteiger partial charge in [-0.25, -0.2) is 9.97 Å². The van der Waals surface area contributed by atoms with Crippen LogP contribution in [0.2, 0.25) is 0 Å². The number of carbonyl (C=O) groups excluding carboxylic acids is 1. The van der Waals surface area contributed by atoms with Gasteiger partial charge in [0.15, 0.2) is 17.3 Å². The molecule has 2 N–H and O–H groups in total. The molecule has 0 radical (unpaired) electrons. The summed E-state index contributed by atoms with van der Waals surface area (Å²) in [5, 5.41) is 6.19. The molecule has 4 aromatic rings. The summed E-state index contributed by atoms with van der Waals surface area (Å²) in [5.74, 6) is 2.10.